The van der Waals surface area contributed by atoms with Crippen LogP contribution in [0.3, 0.4) is 0 Å². The summed E-state index contributed by atoms with van der Waals surface area (Å²) in [6.07, 6.45) is 3.95. The Morgan fingerprint density at radius 1 is 1.18 bits per heavy atom. The molecule has 0 aliphatic carbocycles. The van der Waals surface area contributed by atoms with Crippen LogP contribution in [0.15, 0.2) is 24.3 Å². The molecular formula is C14H22N2O. The van der Waals surface area contributed by atoms with Crippen molar-refractivity contribution < 1.29 is 4.74 Å². The Morgan fingerprint density at radius 2 is 1.82 bits per heavy atom. The van der Waals surface area contributed by atoms with Crippen LogP contribution >= 0.6 is 0 Å². The number of nitrogens with zero attached hydrogens (tertiary/aromatic N) is 1. The van der Waals surface area contributed by atoms with Gasteiger partial charge in [-0.3, -0.25) is 4.90 Å². The quantitative estimate of drug-likeness (QED) is 0.868. The molecule has 0 aromatic heterocycles. The van der Waals surface area contributed by atoms with Crippen LogP contribution in [0.4, 0.5) is 0 Å². The minimum Gasteiger partial charge on any atom is -0.497 e. The van der Waals surface area contributed by atoms with Gasteiger partial charge < -0.3 is 10.5 Å². The summed E-state index contributed by atoms with van der Waals surface area (Å²) in [7, 11) is 1.69. The highest BCUT2D eigenvalue weighted by atomic mass is 16.5. The Bertz CT molecular complexity index is 331. The van der Waals surface area contributed by atoms with Gasteiger partial charge in [-0.1, -0.05) is 18.6 Å². The molecule has 1 aromatic carbocycles. The third-order valence-electron chi connectivity index (χ3n) is 3.56. The van der Waals surface area contributed by atoms with E-state index in [-0.39, 0.29) is 0 Å². The van der Waals surface area contributed by atoms with Crippen molar-refractivity contribution in [3.05, 3.63) is 29.8 Å². The molecule has 1 atom stereocenters. The maximum Gasteiger partial charge on any atom is 0.118 e. The van der Waals surface area contributed by atoms with Gasteiger partial charge in [-0.15, -0.1) is 0 Å². The largest absolute Gasteiger partial charge is 0.497 e. The Labute approximate surface area is 104 Å². The van der Waals surface area contributed by atoms with E-state index in [4.69, 9.17) is 10.5 Å². The molecule has 1 aromatic rings. The van der Waals surface area contributed by atoms with E-state index in [0.717, 1.165) is 5.75 Å². The number of hydrogen-bond donors (Lipinski definition) is 1. The first-order chi connectivity index (χ1) is 8.35. The van der Waals surface area contributed by atoms with Crippen LogP contribution in [-0.4, -0.2) is 31.6 Å². The van der Waals surface area contributed by atoms with Crippen LogP contribution in [0.2, 0.25) is 0 Å². The van der Waals surface area contributed by atoms with Gasteiger partial charge in [0.25, 0.3) is 0 Å². The van der Waals surface area contributed by atoms with Gasteiger partial charge in [-0.25, -0.2) is 0 Å². The van der Waals surface area contributed by atoms with Crippen molar-refractivity contribution in [1.29, 1.82) is 0 Å². The summed E-state index contributed by atoms with van der Waals surface area (Å²) in [5, 5.41) is 0. The molecule has 0 unspecified atom stereocenters. The SMILES string of the molecule is COc1ccc([C@H](CN)N2CCCCC2)cc1. The van der Waals surface area contributed by atoms with E-state index in [1.807, 2.05) is 12.1 Å². The second kappa shape index (κ2) is 6.03. The third-order valence-corrected chi connectivity index (χ3v) is 3.56. The van der Waals surface area contributed by atoms with Crippen LogP contribution in [0.5, 0.6) is 5.75 Å². The van der Waals surface area contributed by atoms with E-state index in [9.17, 15) is 0 Å². The first-order valence-corrected chi connectivity index (χ1v) is 6.43. The molecule has 17 heavy (non-hydrogen) atoms. The molecule has 94 valence electrons. The van der Waals surface area contributed by atoms with Crippen LogP contribution in [0.25, 0.3) is 0 Å². The van der Waals surface area contributed by atoms with Gasteiger partial charge in [0.05, 0.1) is 7.11 Å². The van der Waals surface area contributed by atoms with Crippen molar-refractivity contribution in [2.75, 3.05) is 26.7 Å². The monoisotopic (exact) mass is 234 g/mol. The third kappa shape index (κ3) is 2.99. The molecule has 0 amide bonds. The van der Waals surface area contributed by atoms with Crippen LogP contribution in [-0.2, 0) is 0 Å². The molecule has 2 rings (SSSR count). The van der Waals surface area contributed by atoms with Gasteiger partial charge in [0.15, 0.2) is 0 Å². The molecule has 1 aliphatic rings. The van der Waals surface area contributed by atoms with E-state index in [1.54, 1.807) is 7.11 Å². The summed E-state index contributed by atoms with van der Waals surface area (Å²) in [4.78, 5) is 2.51. The molecule has 0 spiro atoms. The van der Waals surface area contributed by atoms with E-state index in [0.29, 0.717) is 12.6 Å². The fourth-order valence-corrected chi connectivity index (χ4v) is 2.55. The molecule has 1 aliphatic heterocycles. The van der Waals surface area contributed by atoms with Crippen molar-refractivity contribution in [1.82, 2.24) is 4.90 Å². The summed E-state index contributed by atoms with van der Waals surface area (Å²) in [5.74, 6) is 0.906. The van der Waals surface area contributed by atoms with E-state index in [2.05, 4.69) is 17.0 Å². The van der Waals surface area contributed by atoms with Gasteiger partial charge >= 0.3 is 0 Å². The molecule has 0 bridgehead atoms. The topological polar surface area (TPSA) is 38.5 Å². The summed E-state index contributed by atoms with van der Waals surface area (Å²) >= 11 is 0. The molecule has 1 saturated heterocycles. The van der Waals surface area contributed by atoms with Crippen LogP contribution in [0.1, 0.15) is 30.9 Å². The number of benzene rings is 1. The minimum atomic E-state index is 0.362. The first-order valence-electron chi connectivity index (χ1n) is 6.43. The normalized spacial score (nSPS) is 18.9. The van der Waals surface area contributed by atoms with Crippen LogP contribution < -0.4 is 10.5 Å². The second-order valence-corrected chi connectivity index (χ2v) is 4.62. The highest BCUT2D eigenvalue weighted by Crippen LogP contribution is 2.25. The minimum absolute atomic E-state index is 0.362. The van der Waals surface area contributed by atoms with Gasteiger partial charge in [0, 0.05) is 12.6 Å². The summed E-state index contributed by atoms with van der Waals surface area (Å²) < 4.78 is 5.18. The number of ether oxygens (including phenoxy) is 1. The lowest BCUT2D eigenvalue weighted by Crippen LogP contribution is -2.37. The zero-order valence-electron chi connectivity index (χ0n) is 10.6. The summed E-state index contributed by atoms with van der Waals surface area (Å²) in [6.45, 7) is 3.04. The van der Waals surface area contributed by atoms with E-state index < -0.39 is 0 Å². The Balaban J connectivity index is 2.10. The number of likely N-dealkylation sites (tertiary alicyclic amines) is 1. The van der Waals surface area contributed by atoms with Crippen molar-refractivity contribution >= 4 is 0 Å². The number of methoxy groups -OCH3 is 1. The molecule has 3 heteroatoms. The lowest BCUT2D eigenvalue weighted by Gasteiger charge is -2.34. The molecule has 0 radical (unpaired) electrons. The van der Waals surface area contributed by atoms with Gasteiger partial charge in [-0.2, -0.15) is 0 Å². The zero-order valence-corrected chi connectivity index (χ0v) is 10.6. The molecule has 3 nitrogen and oxygen atoms in total. The lowest BCUT2D eigenvalue weighted by atomic mass is 10.0. The van der Waals surface area contributed by atoms with Gasteiger partial charge in [0.1, 0.15) is 5.75 Å². The van der Waals surface area contributed by atoms with Gasteiger partial charge in [0.2, 0.25) is 0 Å². The molecule has 2 N–H and O–H groups in total. The van der Waals surface area contributed by atoms with E-state index >= 15 is 0 Å². The Kier molecular flexibility index (Phi) is 4.40. The number of piperidine rings is 1. The molecule has 0 saturated carbocycles. The molecular weight excluding hydrogens is 212 g/mol. The van der Waals surface area contributed by atoms with Crippen molar-refractivity contribution in [3.63, 3.8) is 0 Å². The average Bonchev–Trinajstić information content (AvgIpc) is 2.42. The lowest BCUT2D eigenvalue weighted by molar-refractivity contribution is 0.167. The zero-order chi connectivity index (χ0) is 12.1. The maximum atomic E-state index is 5.93. The fraction of sp³-hybridized carbons (Fsp3) is 0.571. The molecule has 1 fully saturated rings. The second-order valence-electron chi connectivity index (χ2n) is 4.62. The van der Waals surface area contributed by atoms with Crippen molar-refractivity contribution in [2.45, 2.75) is 25.3 Å². The maximum absolute atomic E-state index is 5.93. The highest BCUT2D eigenvalue weighted by molar-refractivity contribution is 5.29. The predicted molar refractivity (Wildman–Crippen MR) is 70.2 cm³/mol. The highest BCUT2D eigenvalue weighted by Gasteiger charge is 2.20. The molecule has 1 heterocycles. The van der Waals surface area contributed by atoms with E-state index in [1.165, 1.54) is 37.9 Å². The number of rotatable bonds is 4. The van der Waals surface area contributed by atoms with Gasteiger partial charge in [-0.05, 0) is 43.6 Å². The summed E-state index contributed by atoms with van der Waals surface area (Å²) in [5.41, 5.74) is 7.23. The van der Waals surface area contributed by atoms with Crippen molar-refractivity contribution in [3.8, 4) is 5.75 Å². The number of nitrogens with two attached hydrogens (primary N) is 1. The number of hydrogen-bond acceptors (Lipinski definition) is 3. The predicted octanol–water partition coefficient (Wildman–Crippen LogP) is 2.18. The average molecular weight is 234 g/mol. The van der Waals surface area contributed by atoms with Crippen molar-refractivity contribution in [2.24, 2.45) is 5.73 Å². The Morgan fingerprint density at radius 3 is 2.35 bits per heavy atom. The summed E-state index contributed by atoms with van der Waals surface area (Å²) in [6, 6.07) is 8.65. The first kappa shape index (κ1) is 12.4. The smallest absolute Gasteiger partial charge is 0.118 e. The standard InChI is InChI=1S/C14H22N2O/c1-17-13-7-5-12(6-8-13)14(11-15)16-9-3-2-4-10-16/h5-8,14H,2-4,9-11,15H2,1H3/t14-/m0/s1. The van der Waals surface area contributed by atoms with Crippen LogP contribution in [0, 0.1) is 0 Å². The Hall–Kier alpha value is -1.06. The fourth-order valence-electron chi connectivity index (χ4n) is 2.55.